The SMILES string of the molecule is C=CCN.O=S(=O)(O)CC(F)C(F)C(F)C(F)CCCF. The van der Waals surface area contributed by atoms with Crippen LogP contribution in [0.5, 0.6) is 0 Å². The van der Waals surface area contributed by atoms with Crippen molar-refractivity contribution in [1.29, 1.82) is 0 Å². The fourth-order valence-corrected chi connectivity index (χ4v) is 1.71. The van der Waals surface area contributed by atoms with Crippen LogP contribution in [0.1, 0.15) is 12.8 Å². The molecule has 0 saturated carbocycles. The van der Waals surface area contributed by atoms with Gasteiger partial charge in [-0.3, -0.25) is 8.94 Å². The average molecular weight is 341 g/mol. The van der Waals surface area contributed by atoms with Crippen LogP contribution in [-0.4, -0.2) is 56.6 Å². The zero-order valence-electron chi connectivity index (χ0n) is 11.3. The summed E-state index contributed by atoms with van der Waals surface area (Å²) in [5.41, 5.74) is 4.91. The monoisotopic (exact) mass is 341 g/mol. The summed E-state index contributed by atoms with van der Waals surface area (Å²) in [4.78, 5) is 0. The van der Waals surface area contributed by atoms with Crippen molar-refractivity contribution in [3.63, 3.8) is 0 Å². The summed E-state index contributed by atoms with van der Waals surface area (Å²) >= 11 is 0. The molecule has 0 aromatic carbocycles. The van der Waals surface area contributed by atoms with Crippen LogP contribution in [0, 0.1) is 0 Å². The van der Waals surface area contributed by atoms with Crippen LogP contribution in [0.4, 0.5) is 22.0 Å². The predicted octanol–water partition coefficient (Wildman–Crippen LogP) is 2.11. The first kappa shape index (κ1) is 22.5. The molecule has 0 fully saturated rings. The topological polar surface area (TPSA) is 80.4 Å². The Morgan fingerprint density at radius 1 is 1.14 bits per heavy atom. The maximum Gasteiger partial charge on any atom is 0.267 e. The number of hydrogen-bond acceptors (Lipinski definition) is 3. The molecule has 4 unspecified atom stereocenters. The maximum absolute atomic E-state index is 13.0. The van der Waals surface area contributed by atoms with Gasteiger partial charge in [0.2, 0.25) is 0 Å². The molecule has 0 aromatic heterocycles. The number of alkyl halides is 5. The third-order valence-electron chi connectivity index (χ3n) is 2.15. The third-order valence-corrected chi connectivity index (χ3v) is 2.88. The van der Waals surface area contributed by atoms with E-state index in [1.807, 2.05) is 0 Å². The zero-order valence-corrected chi connectivity index (χ0v) is 12.1. The lowest BCUT2D eigenvalue weighted by Crippen LogP contribution is -2.38. The Labute approximate surface area is 121 Å². The van der Waals surface area contributed by atoms with E-state index in [4.69, 9.17) is 10.3 Å². The van der Waals surface area contributed by atoms with Crippen molar-refractivity contribution >= 4 is 10.1 Å². The van der Waals surface area contributed by atoms with Crippen molar-refractivity contribution in [2.75, 3.05) is 19.0 Å². The van der Waals surface area contributed by atoms with Gasteiger partial charge in [-0.1, -0.05) is 6.08 Å². The van der Waals surface area contributed by atoms with Crippen molar-refractivity contribution in [1.82, 2.24) is 0 Å². The van der Waals surface area contributed by atoms with E-state index < -0.39 is 53.7 Å². The molecule has 21 heavy (non-hydrogen) atoms. The Morgan fingerprint density at radius 2 is 1.57 bits per heavy atom. The molecule has 0 aliphatic heterocycles. The minimum atomic E-state index is -4.81. The number of nitrogens with two attached hydrogens (primary N) is 1. The molecular formula is C11H20F5NO3S. The summed E-state index contributed by atoms with van der Waals surface area (Å²) in [7, 11) is -4.81. The average Bonchev–Trinajstić information content (AvgIpc) is 2.41. The molecule has 0 aromatic rings. The Kier molecular flexibility index (Phi) is 12.7. The number of halogens is 5. The van der Waals surface area contributed by atoms with Gasteiger partial charge in [-0.15, -0.1) is 6.58 Å². The van der Waals surface area contributed by atoms with E-state index in [9.17, 15) is 30.4 Å². The van der Waals surface area contributed by atoms with Crippen LogP contribution in [-0.2, 0) is 10.1 Å². The molecule has 0 rings (SSSR count). The van der Waals surface area contributed by atoms with Crippen LogP contribution >= 0.6 is 0 Å². The quantitative estimate of drug-likeness (QED) is 0.382. The lowest BCUT2D eigenvalue weighted by Gasteiger charge is -2.19. The van der Waals surface area contributed by atoms with Gasteiger partial charge in [-0.05, 0) is 12.8 Å². The molecular weight excluding hydrogens is 321 g/mol. The van der Waals surface area contributed by atoms with Crippen LogP contribution in [0.2, 0.25) is 0 Å². The van der Waals surface area contributed by atoms with Gasteiger partial charge < -0.3 is 5.73 Å². The van der Waals surface area contributed by atoms with Gasteiger partial charge in [0.05, 0.1) is 6.67 Å². The Morgan fingerprint density at radius 3 is 1.90 bits per heavy atom. The largest absolute Gasteiger partial charge is 0.327 e. The van der Waals surface area contributed by atoms with Crippen molar-refractivity contribution in [3.8, 4) is 0 Å². The highest BCUT2D eigenvalue weighted by atomic mass is 32.2. The van der Waals surface area contributed by atoms with Crippen LogP contribution in [0.25, 0.3) is 0 Å². The molecule has 0 spiro atoms. The molecule has 4 atom stereocenters. The lowest BCUT2D eigenvalue weighted by atomic mass is 10.0. The molecule has 4 nitrogen and oxygen atoms in total. The summed E-state index contributed by atoms with van der Waals surface area (Å²) < 4.78 is 91.8. The molecule has 10 heteroatoms. The van der Waals surface area contributed by atoms with E-state index in [2.05, 4.69) is 6.58 Å². The van der Waals surface area contributed by atoms with E-state index >= 15 is 0 Å². The summed E-state index contributed by atoms with van der Waals surface area (Å²) in [5, 5.41) is 0. The molecule has 0 saturated heterocycles. The Hall–Kier alpha value is -0.740. The first-order chi connectivity index (χ1) is 9.60. The molecule has 0 heterocycles. The van der Waals surface area contributed by atoms with Crippen LogP contribution < -0.4 is 5.73 Å². The summed E-state index contributed by atoms with van der Waals surface area (Å²) in [5.74, 6) is -1.65. The first-order valence-electron chi connectivity index (χ1n) is 5.99. The highest BCUT2D eigenvalue weighted by molar-refractivity contribution is 7.85. The van der Waals surface area contributed by atoms with Gasteiger partial charge in [-0.25, -0.2) is 17.6 Å². The summed E-state index contributed by atoms with van der Waals surface area (Å²) in [6, 6.07) is 0. The van der Waals surface area contributed by atoms with E-state index in [1.165, 1.54) is 0 Å². The third kappa shape index (κ3) is 12.7. The molecule has 0 bridgehead atoms. The van der Waals surface area contributed by atoms with Crippen molar-refractivity contribution in [3.05, 3.63) is 12.7 Å². The lowest BCUT2D eigenvalue weighted by molar-refractivity contribution is 0.0350. The molecule has 0 amide bonds. The fraction of sp³-hybridized carbons (Fsp3) is 0.818. The second-order valence-corrected chi connectivity index (χ2v) is 5.52. The zero-order chi connectivity index (χ0) is 17.1. The van der Waals surface area contributed by atoms with Gasteiger partial charge in [-0.2, -0.15) is 8.42 Å². The van der Waals surface area contributed by atoms with Crippen molar-refractivity contribution < 1.29 is 34.9 Å². The van der Waals surface area contributed by atoms with Crippen LogP contribution in [0.3, 0.4) is 0 Å². The number of hydrogen-bond donors (Lipinski definition) is 2. The van der Waals surface area contributed by atoms with E-state index in [-0.39, 0.29) is 6.42 Å². The highest BCUT2D eigenvalue weighted by Gasteiger charge is 2.37. The maximum atomic E-state index is 13.0. The standard InChI is InChI=1S/C8H13F5O3S.C3H7N/c9-3-1-2-5(10)7(12)8(13)6(11)4-17(14,15)16;1-2-3-4/h5-8H,1-4H2,(H,14,15,16);2H,1,3-4H2. The Balaban J connectivity index is 0. The van der Waals surface area contributed by atoms with Crippen molar-refractivity contribution in [2.24, 2.45) is 5.73 Å². The smallest absolute Gasteiger partial charge is 0.267 e. The summed E-state index contributed by atoms with van der Waals surface area (Å²) in [6.07, 6.45) is -10.5. The first-order valence-corrected chi connectivity index (χ1v) is 7.60. The molecule has 0 aliphatic carbocycles. The van der Waals surface area contributed by atoms with Gasteiger partial charge in [0.1, 0.15) is 11.9 Å². The van der Waals surface area contributed by atoms with E-state index in [0.29, 0.717) is 6.54 Å². The second-order valence-electron chi connectivity index (χ2n) is 4.03. The van der Waals surface area contributed by atoms with E-state index in [1.54, 1.807) is 6.08 Å². The van der Waals surface area contributed by atoms with Crippen LogP contribution in [0.15, 0.2) is 12.7 Å². The molecule has 128 valence electrons. The van der Waals surface area contributed by atoms with Crippen molar-refractivity contribution in [2.45, 2.75) is 37.5 Å². The van der Waals surface area contributed by atoms with Gasteiger partial charge in [0, 0.05) is 6.54 Å². The predicted molar refractivity (Wildman–Crippen MR) is 70.5 cm³/mol. The number of rotatable bonds is 9. The molecule has 3 N–H and O–H groups in total. The molecule has 0 radical (unpaired) electrons. The molecule has 0 aliphatic rings. The normalized spacial score (nSPS) is 17.1. The van der Waals surface area contributed by atoms with Gasteiger partial charge >= 0.3 is 0 Å². The van der Waals surface area contributed by atoms with Gasteiger partial charge in [0.25, 0.3) is 10.1 Å². The highest BCUT2D eigenvalue weighted by Crippen LogP contribution is 2.21. The minimum absolute atomic E-state index is 0.344. The summed E-state index contributed by atoms with van der Waals surface area (Å²) in [6.45, 7) is 3.02. The minimum Gasteiger partial charge on any atom is -0.327 e. The fourth-order valence-electron chi connectivity index (χ4n) is 1.12. The Bertz CT molecular complexity index is 369. The van der Waals surface area contributed by atoms with Gasteiger partial charge in [0.15, 0.2) is 18.5 Å². The second kappa shape index (κ2) is 11.9. The van der Waals surface area contributed by atoms with E-state index in [0.717, 1.165) is 0 Å².